The highest BCUT2D eigenvalue weighted by molar-refractivity contribution is 7.98. The van der Waals surface area contributed by atoms with E-state index in [0.29, 0.717) is 11.5 Å². The smallest absolute Gasteiger partial charge is 0.0206 e. The van der Waals surface area contributed by atoms with Gasteiger partial charge in [0.15, 0.2) is 0 Å². The van der Waals surface area contributed by atoms with Crippen LogP contribution >= 0.6 is 11.8 Å². The second-order valence-electron chi connectivity index (χ2n) is 5.92. The van der Waals surface area contributed by atoms with Gasteiger partial charge in [-0.1, -0.05) is 52.0 Å². The van der Waals surface area contributed by atoms with Gasteiger partial charge in [0, 0.05) is 17.5 Å². The molecule has 0 aromatic heterocycles. The van der Waals surface area contributed by atoms with Gasteiger partial charge in [-0.3, -0.25) is 0 Å². The summed E-state index contributed by atoms with van der Waals surface area (Å²) >= 11 is 2.03. The second kappa shape index (κ2) is 7.20. The molecule has 1 atom stereocenters. The fraction of sp³-hybridized carbons (Fsp3) is 0.625. The van der Waals surface area contributed by atoms with E-state index in [1.807, 2.05) is 11.8 Å². The van der Waals surface area contributed by atoms with Gasteiger partial charge < -0.3 is 5.32 Å². The number of hydrogen-bond acceptors (Lipinski definition) is 2. The van der Waals surface area contributed by atoms with Crippen molar-refractivity contribution in [2.24, 2.45) is 5.41 Å². The Balaban J connectivity index is 2.47. The van der Waals surface area contributed by atoms with Crippen LogP contribution in [0.3, 0.4) is 0 Å². The van der Waals surface area contributed by atoms with E-state index in [9.17, 15) is 0 Å². The molecule has 1 aromatic rings. The van der Waals surface area contributed by atoms with Gasteiger partial charge in [0.2, 0.25) is 0 Å². The standard InChI is InChI=1S/C16H27NS/c1-6-17-15(16(3,4)5)12-18-11-14-10-8-7-9-13(14)2/h7-10,15,17H,6,11-12H2,1-5H3. The Kier molecular flexibility index (Phi) is 6.24. The molecular weight excluding hydrogens is 238 g/mol. The fourth-order valence-corrected chi connectivity index (χ4v) is 3.44. The molecule has 0 fully saturated rings. The van der Waals surface area contributed by atoms with Gasteiger partial charge in [-0.2, -0.15) is 11.8 Å². The van der Waals surface area contributed by atoms with Crippen LogP contribution in [0.2, 0.25) is 0 Å². The molecule has 2 heteroatoms. The summed E-state index contributed by atoms with van der Waals surface area (Å²) in [4.78, 5) is 0. The molecule has 0 saturated carbocycles. The van der Waals surface area contributed by atoms with Crippen LogP contribution in [0, 0.1) is 12.3 Å². The number of nitrogens with one attached hydrogen (secondary N) is 1. The van der Waals surface area contributed by atoms with E-state index < -0.39 is 0 Å². The molecule has 0 saturated heterocycles. The summed E-state index contributed by atoms with van der Waals surface area (Å²) in [5, 5.41) is 3.60. The van der Waals surface area contributed by atoms with Crippen molar-refractivity contribution in [3.8, 4) is 0 Å². The van der Waals surface area contributed by atoms with Crippen molar-refractivity contribution in [3.63, 3.8) is 0 Å². The maximum Gasteiger partial charge on any atom is 0.0206 e. The van der Waals surface area contributed by atoms with Gasteiger partial charge >= 0.3 is 0 Å². The minimum Gasteiger partial charge on any atom is -0.313 e. The van der Waals surface area contributed by atoms with Crippen molar-refractivity contribution < 1.29 is 0 Å². The molecule has 0 aliphatic rings. The van der Waals surface area contributed by atoms with Crippen LogP contribution < -0.4 is 5.32 Å². The first-order chi connectivity index (χ1) is 8.45. The molecule has 0 spiro atoms. The predicted molar refractivity (Wildman–Crippen MR) is 84.3 cm³/mol. The third kappa shape index (κ3) is 5.03. The molecule has 1 nitrogen and oxygen atoms in total. The minimum absolute atomic E-state index is 0.328. The Labute approximate surface area is 117 Å². The summed E-state index contributed by atoms with van der Waals surface area (Å²) in [6.07, 6.45) is 0. The molecule has 0 aliphatic heterocycles. The quantitative estimate of drug-likeness (QED) is 0.825. The van der Waals surface area contributed by atoms with Crippen molar-refractivity contribution in [2.45, 2.75) is 46.4 Å². The van der Waals surface area contributed by atoms with E-state index in [-0.39, 0.29) is 0 Å². The first-order valence-electron chi connectivity index (χ1n) is 6.80. The number of benzene rings is 1. The van der Waals surface area contributed by atoms with E-state index in [4.69, 9.17) is 0 Å². The van der Waals surface area contributed by atoms with E-state index in [0.717, 1.165) is 12.3 Å². The summed E-state index contributed by atoms with van der Waals surface area (Å²) < 4.78 is 0. The summed E-state index contributed by atoms with van der Waals surface area (Å²) in [7, 11) is 0. The maximum absolute atomic E-state index is 3.60. The lowest BCUT2D eigenvalue weighted by molar-refractivity contribution is 0.295. The Morgan fingerprint density at radius 3 is 2.44 bits per heavy atom. The molecule has 0 aliphatic carbocycles. The number of thioether (sulfide) groups is 1. The highest BCUT2D eigenvalue weighted by Gasteiger charge is 2.23. The molecule has 1 unspecified atom stereocenters. The molecule has 18 heavy (non-hydrogen) atoms. The predicted octanol–water partition coefficient (Wildman–Crippen LogP) is 4.25. The number of aryl methyl sites for hydroxylation is 1. The van der Waals surface area contributed by atoms with Gasteiger partial charge in [0.05, 0.1) is 0 Å². The van der Waals surface area contributed by atoms with Gasteiger partial charge in [0.1, 0.15) is 0 Å². The van der Waals surface area contributed by atoms with Crippen molar-refractivity contribution in [1.82, 2.24) is 5.32 Å². The first-order valence-corrected chi connectivity index (χ1v) is 7.96. The molecule has 1 N–H and O–H groups in total. The first kappa shape index (κ1) is 15.6. The topological polar surface area (TPSA) is 12.0 Å². The number of hydrogen-bond donors (Lipinski definition) is 1. The van der Waals surface area contributed by atoms with Crippen LogP contribution in [0.1, 0.15) is 38.8 Å². The van der Waals surface area contributed by atoms with Crippen molar-refractivity contribution in [2.75, 3.05) is 12.3 Å². The van der Waals surface area contributed by atoms with Crippen LogP contribution in [0.4, 0.5) is 0 Å². The molecule has 0 amide bonds. The summed E-state index contributed by atoms with van der Waals surface area (Å²) in [5.41, 5.74) is 3.20. The lowest BCUT2D eigenvalue weighted by atomic mass is 9.88. The Morgan fingerprint density at radius 1 is 1.22 bits per heavy atom. The zero-order valence-corrected chi connectivity index (χ0v) is 13.2. The van der Waals surface area contributed by atoms with Gasteiger partial charge in [0.25, 0.3) is 0 Å². The lowest BCUT2D eigenvalue weighted by Gasteiger charge is -2.31. The zero-order chi connectivity index (χ0) is 13.6. The summed E-state index contributed by atoms with van der Waals surface area (Å²) in [6.45, 7) is 12.4. The zero-order valence-electron chi connectivity index (χ0n) is 12.4. The molecule has 0 bridgehead atoms. The highest BCUT2D eigenvalue weighted by atomic mass is 32.2. The van der Waals surface area contributed by atoms with Gasteiger partial charge in [-0.25, -0.2) is 0 Å². The van der Waals surface area contributed by atoms with E-state index in [2.05, 4.69) is 64.2 Å². The van der Waals surface area contributed by atoms with E-state index in [1.165, 1.54) is 16.9 Å². The normalized spacial score (nSPS) is 13.6. The average molecular weight is 265 g/mol. The Bertz CT molecular complexity index is 354. The van der Waals surface area contributed by atoms with Crippen LogP contribution in [-0.4, -0.2) is 18.3 Å². The van der Waals surface area contributed by atoms with Crippen molar-refractivity contribution in [1.29, 1.82) is 0 Å². The summed E-state index contributed by atoms with van der Waals surface area (Å²) in [6, 6.07) is 9.26. The van der Waals surface area contributed by atoms with Crippen LogP contribution in [0.15, 0.2) is 24.3 Å². The summed E-state index contributed by atoms with van der Waals surface area (Å²) in [5.74, 6) is 2.29. The SMILES string of the molecule is CCNC(CSCc1ccccc1C)C(C)(C)C. The minimum atomic E-state index is 0.328. The van der Waals surface area contributed by atoms with Crippen molar-refractivity contribution >= 4 is 11.8 Å². The average Bonchev–Trinajstić information content (AvgIpc) is 2.29. The lowest BCUT2D eigenvalue weighted by Crippen LogP contribution is -2.42. The highest BCUT2D eigenvalue weighted by Crippen LogP contribution is 2.24. The fourth-order valence-electron chi connectivity index (χ4n) is 1.92. The Morgan fingerprint density at radius 2 is 1.89 bits per heavy atom. The number of rotatable bonds is 6. The van der Waals surface area contributed by atoms with Gasteiger partial charge in [-0.15, -0.1) is 0 Å². The third-order valence-corrected chi connectivity index (χ3v) is 4.38. The van der Waals surface area contributed by atoms with E-state index in [1.54, 1.807) is 0 Å². The molecule has 1 rings (SSSR count). The molecule has 0 heterocycles. The maximum atomic E-state index is 3.60. The van der Waals surface area contributed by atoms with Crippen LogP contribution in [0.5, 0.6) is 0 Å². The monoisotopic (exact) mass is 265 g/mol. The third-order valence-electron chi connectivity index (χ3n) is 3.30. The molecule has 1 aromatic carbocycles. The van der Waals surface area contributed by atoms with Crippen LogP contribution in [-0.2, 0) is 5.75 Å². The second-order valence-corrected chi connectivity index (χ2v) is 6.95. The molecule has 102 valence electrons. The van der Waals surface area contributed by atoms with Gasteiger partial charge in [-0.05, 0) is 30.0 Å². The van der Waals surface area contributed by atoms with E-state index >= 15 is 0 Å². The van der Waals surface area contributed by atoms with Crippen LogP contribution in [0.25, 0.3) is 0 Å². The molecule has 0 radical (unpaired) electrons. The largest absolute Gasteiger partial charge is 0.313 e. The molecular formula is C16H27NS. The van der Waals surface area contributed by atoms with Crippen molar-refractivity contribution in [3.05, 3.63) is 35.4 Å². The Hall–Kier alpha value is -0.470.